The lowest BCUT2D eigenvalue weighted by Gasteiger charge is -2.33. The predicted octanol–water partition coefficient (Wildman–Crippen LogP) is 4.17. The Labute approximate surface area is 179 Å². The number of Topliss-reactive ketones (excluding diaryl/α,β-unsaturated/α-hetero) is 1. The number of ketones is 1. The first-order valence-corrected chi connectivity index (χ1v) is 10.3. The molecule has 3 N–H and O–H groups in total. The molecule has 3 aromatic rings. The molecule has 1 aliphatic heterocycles. The summed E-state index contributed by atoms with van der Waals surface area (Å²) in [6.45, 7) is 1.97. The summed E-state index contributed by atoms with van der Waals surface area (Å²) in [7, 11) is 0. The van der Waals surface area contributed by atoms with Gasteiger partial charge in [-0.15, -0.1) is 0 Å². The summed E-state index contributed by atoms with van der Waals surface area (Å²) in [6, 6.07) is 13.9. The Bertz CT molecular complexity index is 1220. The van der Waals surface area contributed by atoms with Gasteiger partial charge in [0.25, 0.3) is 5.91 Å². The lowest BCUT2D eigenvalue weighted by atomic mass is 9.85. The van der Waals surface area contributed by atoms with Crippen molar-refractivity contribution in [1.29, 1.82) is 0 Å². The van der Waals surface area contributed by atoms with Gasteiger partial charge in [-0.3, -0.25) is 9.59 Å². The van der Waals surface area contributed by atoms with E-state index >= 15 is 0 Å². The lowest BCUT2D eigenvalue weighted by molar-refractivity contribution is -0.116. The molecule has 1 aliphatic carbocycles. The van der Waals surface area contributed by atoms with Gasteiger partial charge in [0.1, 0.15) is 23.2 Å². The Morgan fingerprint density at radius 1 is 1.19 bits per heavy atom. The quantitative estimate of drug-likeness (QED) is 0.598. The number of anilines is 2. The van der Waals surface area contributed by atoms with Crippen LogP contribution < -0.4 is 10.6 Å². The van der Waals surface area contributed by atoms with Gasteiger partial charge in [0.2, 0.25) is 0 Å². The fourth-order valence-corrected chi connectivity index (χ4v) is 4.31. The summed E-state index contributed by atoms with van der Waals surface area (Å²) in [6.07, 6.45) is 3.53. The largest absolute Gasteiger partial charge is 0.508 e. The highest BCUT2D eigenvalue weighted by molar-refractivity contribution is 6.08. The van der Waals surface area contributed by atoms with Crippen molar-refractivity contribution < 1.29 is 14.7 Å². The second kappa shape index (κ2) is 7.43. The van der Waals surface area contributed by atoms with Crippen molar-refractivity contribution in [2.24, 2.45) is 0 Å². The maximum atomic E-state index is 13.1. The normalized spacial score (nSPS) is 17.6. The van der Waals surface area contributed by atoms with E-state index in [1.54, 1.807) is 28.9 Å². The van der Waals surface area contributed by atoms with Gasteiger partial charge in [-0.1, -0.05) is 24.3 Å². The number of fused-ring (bicyclic) bond motifs is 1. The summed E-state index contributed by atoms with van der Waals surface area (Å²) < 4.78 is 1.69. The number of hydrogen-bond acceptors (Lipinski definition) is 5. The molecular formula is C24H22N4O3. The first kappa shape index (κ1) is 19.1. The number of aromatic nitrogens is 2. The van der Waals surface area contributed by atoms with Crippen LogP contribution in [0.1, 0.15) is 46.8 Å². The summed E-state index contributed by atoms with van der Waals surface area (Å²) in [5, 5.41) is 20.4. The zero-order chi connectivity index (χ0) is 21.5. The molecule has 156 valence electrons. The fraction of sp³-hybridized carbons (Fsp3) is 0.208. The molecule has 0 fully saturated rings. The summed E-state index contributed by atoms with van der Waals surface area (Å²) in [5.41, 5.74) is 4.52. The highest BCUT2D eigenvalue weighted by Crippen LogP contribution is 2.41. The Balaban J connectivity index is 1.57. The molecule has 2 heterocycles. The number of aromatic hydroxyl groups is 1. The molecule has 0 radical (unpaired) electrons. The molecule has 31 heavy (non-hydrogen) atoms. The average Bonchev–Trinajstić information content (AvgIpc) is 3.17. The van der Waals surface area contributed by atoms with Crippen molar-refractivity contribution in [1.82, 2.24) is 9.78 Å². The predicted molar refractivity (Wildman–Crippen MR) is 117 cm³/mol. The molecule has 0 bridgehead atoms. The number of phenolic OH excluding ortho intramolecular Hbond substituents is 1. The van der Waals surface area contributed by atoms with Crippen molar-refractivity contribution in [2.45, 2.75) is 32.2 Å². The minimum Gasteiger partial charge on any atom is -0.508 e. The van der Waals surface area contributed by atoms with E-state index in [4.69, 9.17) is 0 Å². The number of phenols is 1. The number of benzene rings is 2. The molecular weight excluding hydrogens is 392 g/mol. The maximum Gasteiger partial charge on any atom is 0.261 e. The summed E-state index contributed by atoms with van der Waals surface area (Å²) in [4.78, 5) is 25.9. The van der Waals surface area contributed by atoms with Crippen molar-refractivity contribution in [3.63, 3.8) is 0 Å². The standard InChI is InChI=1S/C24H22N4O3/c1-14-4-2-5-16(12-14)26-24(31)18-13-25-28-22(15-8-10-17(29)11-9-15)21-19(27-23(18)28)6-3-7-20(21)30/h2,4-5,8-13,22,27,29H,3,6-7H2,1H3,(H,26,31)/t22-/m1/s1. The van der Waals surface area contributed by atoms with Crippen molar-refractivity contribution >= 4 is 23.2 Å². The minimum absolute atomic E-state index is 0.0822. The number of aryl methyl sites for hydroxylation is 1. The number of rotatable bonds is 3. The van der Waals surface area contributed by atoms with Gasteiger partial charge in [0.05, 0.1) is 6.20 Å². The molecule has 5 rings (SSSR count). The Kier molecular flexibility index (Phi) is 4.58. The molecule has 7 heteroatoms. The Morgan fingerprint density at radius 3 is 2.77 bits per heavy atom. The van der Waals surface area contributed by atoms with Gasteiger partial charge in [-0.2, -0.15) is 5.10 Å². The zero-order valence-corrected chi connectivity index (χ0v) is 17.1. The van der Waals surface area contributed by atoms with Gasteiger partial charge in [-0.25, -0.2) is 4.68 Å². The van der Waals surface area contributed by atoms with E-state index in [1.165, 1.54) is 6.20 Å². The number of allylic oxidation sites excluding steroid dienone is 2. The number of nitrogens with one attached hydrogen (secondary N) is 2. The third kappa shape index (κ3) is 3.38. The highest BCUT2D eigenvalue weighted by Gasteiger charge is 2.37. The third-order valence-corrected chi connectivity index (χ3v) is 5.77. The molecule has 2 aromatic carbocycles. The molecule has 0 unspecified atom stereocenters. The second-order valence-electron chi connectivity index (χ2n) is 7.96. The van der Waals surface area contributed by atoms with Crippen LogP contribution in [0.5, 0.6) is 5.75 Å². The molecule has 1 aromatic heterocycles. The lowest BCUT2D eigenvalue weighted by Crippen LogP contribution is -2.32. The van der Waals surface area contributed by atoms with Crippen LogP contribution in [0.3, 0.4) is 0 Å². The van der Waals surface area contributed by atoms with Crippen LogP contribution in [0, 0.1) is 6.92 Å². The SMILES string of the molecule is Cc1cccc(NC(=O)c2cnn3c2NC2=C(C(=O)CCC2)[C@H]3c2ccc(O)cc2)c1. The van der Waals surface area contributed by atoms with Crippen molar-refractivity contribution in [3.8, 4) is 5.75 Å². The van der Waals surface area contributed by atoms with Crippen LogP contribution in [0.25, 0.3) is 0 Å². The van der Waals surface area contributed by atoms with Crippen LogP contribution >= 0.6 is 0 Å². The van der Waals surface area contributed by atoms with Gasteiger partial charge in [0.15, 0.2) is 5.78 Å². The summed E-state index contributed by atoms with van der Waals surface area (Å²) in [5.74, 6) is 0.533. The number of carbonyl (C=O) groups is 2. The third-order valence-electron chi connectivity index (χ3n) is 5.77. The Hall–Kier alpha value is -3.87. The van der Waals surface area contributed by atoms with E-state index in [0.717, 1.165) is 29.7 Å². The average molecular weight is 414 g/mol. The van der Waals surface area contributed by atoms with E-state index < -0.39 is 6.04 Å². The van der Waals surface area contributed by atoms with Gasteiger partial charge in [0, 0.05) is 23.4 Å². The monoisotopic (exact) mass is 414 g/mol. The molecule has 7 nitrogen and oxygen atoms in total. The first-order chi connectivity index (χ1) is 15.0. The van der Waals surface area contributed by atoms with Gasteiger partial charge < -0.3 is 15.7 Å². The maximum absolute atomic E-state index is 13.1. The van der Waals surface area contributed by atoms with E-state index in [1.807, 2.05) is 31.2 Å². The minimum atomic E-state index is -0.444. The van der Waals surface area contributed by atoms with Crippen molar-refractivity contribution in [2.75, 3.05) is 10.6 Å². The van der Waals surface area contributed by atoms with Crippen molar-refractivity contribution in [3.05, 3.63) is 82.7 Å². The zero-order valence-electron chi connectivity index (χ0n) is 17.1. The molecule has 0 spiro atoms. The first-order valence-electron chi connectivity index (χ1n) is 10.3. The molecule has 2 aliphatic rings. The molecule has 0 saturated heterocycles. The van der Waals surface area contributed by atoms with E-state index in [0.29, 0.717) is 29.1 Å². The van der Waals surface area contributed by atoms with Crippen LogP contribution in [0.2, 0.25) is 0 Å². The van der Waals surface area contributed by atoms with Crippen LogP contribution in [-0.2, 0) is 4.79 Å². The summed E-state index contributed by atoms with van der Waals surface area (Å²) >= 11 is 0. The fourth-order valence-electron chi connectivity index (χ4n) is 4.31. The van der Waals surface area contributed by atoms with Crippen LogP contribution in [0.4, 0.5) is 11.5 Å². The second-order valence-corrected chi connectivity index (χ2v) is 7.96. The van der Waals surface area contributed by atoms with Crippen LogP contribution in [-0.4, -0.2) is 26.6 Å². The van der Waals surface area contributed by atoms with Crippen LogP contribution in [0.15, 0.2) is 66.0 Å². The van der Waals surface area contributed by atoms with Gasteiger partial charge in [-0.05, 0) is 55.2 Å². The molecule has 1 atom stereocenters. The number of hydrogen-bond donors (Lipinski definition) is 3. The highest BCUT2D eigenvalue weighted by atomic mass is 16.3. The number of amides is 1. The smallest absolute Gasteiger partial charge is 0.261 e. The number of carbonyl (C=O) groups excluding carboxylic acids is 2. The van der Waals surface area contributed by atoms with E-state index in [-0.39, 0.29) is 17.4 Å². The van der Waals surface area contributed by atoms with E-state index in [2.05, 4.69) is 15.7 Å². The van der Waals surface area contributed by atoms with Gasteiger partial charge >= 0.3 is 0 Å². The molecule has 0 saturated carbocycles. The van der Waals surface area contributed by atoms with E-state index in [9.17, 15) is 14.7 Å². The Morgan fingerprint density at radius 2 is 2.00 bits per heavy atom. The molecule has 1 amide bonds. The number of nitrogens with zero attached hydrogens (tertiary/aromatic N) is 2. The topological polar surface area (TPSA) is 96.3 Å².